The minimum atomic E-state index is -0.912. The van der Waals surface area contributed by atoms with Gasteiger partial charge in [0.05, 0.1) is 6.04 Å². The largest absolute Gasteiger partial charge is 0.271 e. The SMILES string of the molecule is NNC(Cc1ccc(Cl)cc1Cl)c1ccc(F)c(F)c1. The van der Waals surface area contributed by atoms with Gasteiger partial charge >= 0.3 is 0 Å². The molecule has 2 nitrogen and oxygen atoms in total. The van der Waals surface area contributed by atoms with Crippen molar-refractivity contribution in [2.75, 3.05) is 0 Å². The Kier molecular flexibility index (Phi) is 4.94. The first-order valence-corrected chi connectivity index (χ1v) is 6.62. The first-order chi connectivity index (χ1) is 9.51. The Morgan fingerprint density at radius 2 is 1.80 bits per heavy atom. The lowest BCUT2D eigenvalue weighted by molar-refractivity contribution is 0.497. The van der Waals surface area contributed by atoms with Crippen LogP contribution in [0.15, 0.2) is 36.4 Å². The first-order valence-electron chi connectivity index (χ1n) is 5.86. The van der Waals surface area contributed by atoms with Gasteiger partial charge in [-0.1, -0.05) is 35.3 Å². The Balaban J connectivity index is 2.26. The highest BCUT2D eigenvalue weighted by Crippen LogP contribution is 2.26. The summed E-state index contributed by atoms with van der Waals surface area (Å²) in [6, 6.07) is 8.38. The third-order valence-electron chi connectivity index (χ3n) is 2.99. The molecule has 0 radical (unpaired) electrons. The summed E-state index contributed by atoms with van der Waals surface area (Å²) < 4.78 is 26.2. The van der Waals surface area contributed by atoms with E-state index in [-0.39, 0.29) is 6.04 Å². The fourth-order valence-electron chi connectivity index (χ4n) is 1.91. The van der Waals surface area contributed by atoms with Gasteiger partial charge in [0.25, 0.3) is 0 Å². The molecule has 2 aromatic rings. The fourth-order valence-corrected chi connectivity index (χ4v) is 2.39. The molecule has 0 saturated carbocycles. The van der Waals surface area contributed by atoms with Gasteiger partial charge in [-0.2, -0.15) is 0 Å². The van der Waals surface area contributed by atoms with Crippen molar-refractivity contribution in [3.8, 4) is 0 Å². The van der Waals surface area contributed by atoms with Crippen LogP contribution in [0, 0.1) is 11.6 Å². The van der Waals surface area contributed by atoms with Gasteiger partial charge < -0.3 is 0 Å². The van der Waals surface area contributed by atoms with Gasteiger partial charge in [-0.3, -0.25) is 11.3 Å². The van der Waals surface area contributed by atoms with Crippen molar-refractivity contribution in [3.05, 3.63) is 69.2 Å². The van der Waals surface area contributed by atoms with Crippen molar-refractivity contribution in [2.45, 2.75) is 12.5 Å². The van der Waals surface area contributed by atoms with Crippen LogP contribution in [0.25, 0.3) is 0 Å². The summed E-state index contributed by atoms with van der Waals surface area (Å²) >= 11 is 11.9. The third-order valence-corrected chi connectivity index (χ3v) is 3.57. The van der Waals surface area contributed by atoms with E-state index in [0.29, 0.717) is 22.0 Å². The van der Waals surface area contributed by atoms with Crippen molar-refractivity contribution >= 4 is 23.2 Å². The van der Waals surface area contributed by atoms with Crippen molar-refractivity contribution in [2.24, 2.45) is 5.84 Å². The summed E-state index contributed by atoms with van der Waals surface area (Å²) in [4.78, 5) is 0. The molecule has 0 amide bonds. The van der Waals surface area contributed by atoms with Crippen LogP contribution >= 0.6 is 23.2 Å². The molecule has 106 valence electrons. The molecule has 0 spiro atoms. The highest BCUT2D eigenvalue weighted by Gasteiger charge is 2.15. The van der Waals surface area contributed by atoms with E-state index in [1.165, 1.54) is 6.07 Å². The Morgan fingerprint density at radius 3 is 2.40 bits per heavy atom. The number of nitrogens with two attached hydrogens (primary N) is 1. The summed E-state index contributed by atoms with van der Waals surface area (Å²) in [6.45, 7) is 0. The van der Waals surface area contributed by atoms with Gasteiger partial charge in [0.1, 0.15) is 0 Å². The van der Waals surface area contributed by atoms with Gasteiger partial charge in [-0.05, 0) is 41.8 Å². The zero-order valence-corrected chi connectivity index (χ0v) is 11.8. The average molecular weight is 317 g/mol. The van der Waals surface area contributed by atoms with Gasteiger partial charge in [-0.25, -0.2) is 8.78 Å². The number of hydrazine groups is 1. The molecule has 0 saturated heterocycles. The van der Waals surface area contributed by atoms with Gasteiger partial charge in [-0.15, -0.1) is 0 Å². The van der Waals surface area contributed by atoms with Crippen LogP contribution in [0.1, 0.15) is 17.2 Å². The predicted molar refractivity (Wildman–Crippen MR) is 76.6 cm³/mol. The summed E-state index contributed by atoms with van der Waals surface area (Å²) in [5.41, 5.74) is 3.92. The summed E-state index contributed by atoms with van der Waals surface area (Å²) in [7, 11) is 0. The molecule has 3 N–H and O–H groups in total. The van der Waals surface area contributed by atoms with E-state index in [4.69, 9.17) is 29.0 Å². The minimum absolute atomic E-state index is 0.385. The van der Waals surface area contributed by atoms with Crippen molar-refractivity contribution in [1.82, 2.24) is 5.43 Å². The standard InChI is InChI=1S/C14H12Cl2F2N2/c15-10-3-1-8(11(16)7-10)6-14(20-19)9-2-4-12(17)13(18)5-9/h1-5,7,14,20H,6,19H2. The molecule has 6 heteroatoms. The number of halogens is 4. The van der Waals surface area contributed by atoms with Crippen LogP contribution in [0.3, 0.4) is 0 Å². The summed E-state index contributed by atoms with van der Waals surface area (Å²) in [5.74, 6) is 3.68. The predicted octanol–water partition coefficient (Wildman–Crippen LogP) is 4.02. The van der Waals surface area contributed by atoms with E-state index in [0.717, 1.165) is 17.7 Å². The first kappa shape index (κ1) is 15.2. The lowest BCUT2D eigenvalue weighted by Gasteiger charge is -2.17. The number of benzene rings is 2. The number of nitrogens with one attached hydrogen (secondary N) is 1. The van der Waals surface area contributed by atoms with Crippen LogP contribution in [0.4, 0.5) is 8.78 Å². The molecule has 1 atom stereocenters. The zero-order chi connectivity index (χ0) is 14.7. The second-order valence-electron chi connectivity index (χ2n) is 4.33. The molecule has 0 fully saturated rings. The lowest BCUT2D eigenvalue weighted by Crippen LogP contribution is -2.29. The number of rotatable bonds is 4. The lowest BCUT2D eigenvalue weighted by atomic mass is 9.99. The van der Waals surface area contributed by atoms with E-state index < -0.39 is 11.6 Å². The van der Waals surface area contributed by atoms with Crippen molar-refractivity contribution in [1.29, 1.82) is 0 Å². The molecule has 1 unspecified atom stereocenters. The van der Waals surface area contributed by atoms with Crippen molar-refractivity contribution < 1.29 is 8.78 Å². The maximum Gasteiger partial charge on any atom is 0.159 e. The third kappa shape index (κ3) is 3.46. The van der Waals surface area contributed by atoms with E-state index in [2.05, 4.69) is 5.43 Å². The van der Waals surface area contributed by atoms with E-state index in [1.807, 2.05) is 0 Å². The molecule has 0 aliphatic rings. The van der Waals surface area contributed by atoms with E-state index in [9.17, 15) is 8.78 Å². The zero-order valence-electron chi connectivity index (χ0n) is 10.3. The van der Waals surface area contributed by atoms with Crippen LogP contribution in [0.5, 0.6) is 0 Å². The smallest absolute Gasteiger partial charge is 0.159 e. The minimum Gasteiger partial charge on any atom is -0.271 e. The van der Waals surface area contributed by atoms with E-state index >= 15 is 0 Å². The number of hydrogen-bond acceptors (Lipinski definition) is 2. The van der Waals surface area contributed by atoms with Crippen LogP contribution in [-0.2, 0) is 6.42 Å². The molecule has 0 bridgehead atoms. The van der Waals surface area contributed by atoms with Crippen LogP contribution in [-0.4, -0.2) is 0 Å². The van der Waals surface area contributed by atoms with Gasteiger partial charge in [0, 0.05) is 10.0 Å². The normalized spacial score (nSPS) is 12.4. The molecule has 2 rings (SSSR count). The molecule has 20 heavy (non-hydrogen) atoms. The maximum atomic E-state index is 13.3. The Bertz CT molecular complexity index is 620. The fraction of sp³-hybridized carbons (Fsp3) is 0.143. The second-order valence-corrected chi connectivity index (χ2v) is 5.18. The highest BCUT2D eigenvalue weighted by atomic mass is 35.5. The topological polar surface area (TPSA) is 38.0 Å². The Morgan fingerprint density at radius 1 is 1.05 bits per heavy atom. The molecule has 0 heterocycles. The van der Waals surface area contributed by atoms with E-state index in [1.54, 1.807) is 18.2 Å². The monoisotopic (exact) mass is 316 g/mol. The quantitative estimate of drug-likeness (QED) is 0.660. The van der Waals surface area contributed by atoms with Crippen molar-refractivity contribution in [3.63, 3.8) is 0 Å². The molecule has 0 aliphatic carbocycles. The Hall–Kier alpha value is -1.20. The molecule has 0 aliphatic heterocycles. The average Bonchev–Trinajstić information content (AvgIpc) is 2.41. The van der Waals surface area contributed by atoms with Gasteiger partial charge in [0.15, 0.2) is 11.6 Å². The van der Waals surface area contributed by atoms with Crippen LogP contribution in [0.2, 0.25) is 10.0 Å². The molecular formula is C14H12Cl2F2N2. The second kappa shape index (κ2) is 6.50. The molecule has 0 aromatic heterocycles. The number of hydrogen-bond donors (Lipinski definition) is 2. The Labute approximate surface area is 125 Å². The summed E-state index contributed by atoms with van der Waals surface area (Å²) in [5, 5.41) is 1.03. The van der Waals surface area contributed by atoms with Gasteiger partial charge in [0.2, 0.25) is 0 Å². The maximum absolute atomic E-state index is 13.3. The highest BCUT2D eigenvalue weighted by molar-refractivity contribution is 6.35. The molecule has 2 aromatic carbocycles. The van der Waals surface area contributed by atoms with Crippen LogP contribution < -0.4 is 11.3 Å². The molecular weight excluding hydrogens is 305 g/mol. The summed E-state index contributed by atoms with van der Waals surface area (Å²) in [6.07, 6.45) is 0.428.